The highest BCUT2D eigenvalue weighted by Crippen LogP contribution is 2.35. The molecule has 3 N–H and O–H groups in total. The average molecular weight is 527 g/mol. The van der Waals surface area contributed by atoms with Crippen molar-refractivity contribution in [3.8, 4) is 28.8 Å². The van der Waals surface area contributed by atoms with Crippen LogP contribution in [0.25, 0.3) is 16.6 Å². The van der Waals surface area contributed by atoms with E-state index in [1.165, 1.54) is 0 Å². The highest BCUT2D eigenvalue weighted by Gasteiger charge is 2.32. The molecular weight excluding hydrogens is 492 g/mol. The van der Waals surface area contributed by atoms with E-state index < -0.39 is 11.1 Å². The van der Waals surface area contributed by atoms with Crippen LogP contribution in [0.2, 0.25) is 0 Å². The number of rotatable bonds is 8. The molecule has 0 spiro atoms. The van der Waals surface area contributed by atoms with Gasteiger partial charge in [0.1, 0.15) is 18.4 Å². The van der Waals surface area contributed by atoms with Gasteiger partial charge in [-0.2, -0.15) is 10.4 Å². The number of aromatic nitrogens is 3. The molecule has 0 saturated carbocycles. The normalized spacial score (nSPS) is 15.7. The van der Waals surface area contributed by atoms with Crippen LogP contribution in [0, 0.1) is 11.3 Å². The lowest BCUT2D eigenvalue weighted by atomic mass is 9.81. The van der Waals surface area contributed by atoms with E-state index in [0.29, 0.717) is 22.7 Å². The third-order valence-corrected chi connectivity index (χ3v) is 7.23. The van der Waals surface area contributed by atoms with E-state index in [2.05, 4.69) is 39.3 Å². The summed E-state index contributed by atoms with van der Waals surface area (Å²) in [7, 11) is 1.62. The molecule has 202 valence electrons. The van der Waals surface area contributed by atoms with Gasteiger partial charge < -0.3 is 20.3 Å². The third-order valence-electron chi connectivity index (χ3n) is 7.23. The minimum Gasteiger partial charge on any atom is -0.489 e. The van der Waals surface area contributed by atoms with Gasteiger partial charge in [-0.25, -0.2) is 9.50 Å². The number of methoxy groups -OCH3 is 1. The molecule has 0 aliphatic carbocycles. The zero-order chi connectivity index (χ0) is 27.6. The molecule has 9 nitrogen and oxygen atoms in total. The van der Waals surface area contributed by atoms with Crippen molar-refractivity contribution in [1.29, 1.82) is 5.26 Å². The number of hydrogen-bond acceptors (Lipinski definition) is 8. The summed E-state index contributed by atoms with van der Waals surface area (Å²) in [6.45, 7) is 6.14. The Labute approximate surface area is 228 Å². The Balaban J connectivity index is 1.34. The summed E-state index contributed by atoms with van der Waals surface area (Å²) in [5.74, 6) is 1.18. The van der Waals surface area contributed by atoms with Crippen molar-refractivity contribution in [2.24, 2.45) is 5.73 Å². The number of pyridine rings is 2. The Kier molecular flexibility index (Phi) is 7.28. The van der Waals surface area contributed by atoms with Gasteiger partial charge in [0.15, 0.2) is 0 Å². The van der Waals surface area contributed by atoms with Gasteiger partial charge in [0.2, 0.25) is 5.88 Å². The Morgan fingerprint density at radius 1 is 1.13 bits per heavy atom. The molecule has 3 aromatic heterocycles. The molecule has 1 aliphatic heterocycles. The fourth-order valence-electron chi connectivity index (χ4n) is 5.00. The first-order valence-electron chi connectivity index (χ1n) is 13.1. The van der Waals surface area contributed by atoms with Crippen molar-refractivity contribution in [3.63, 3.8) is 0 Å². The minimum absolute atomic E-state index is 0.130. The number of nitriles is 1. The van der Waals surface area contributed by atoms with Crippen LogP contribution < -0.4 is 15.2 Å². The van der Waals surface area contributed by atoms with Gasteiger partial charge >= 0.3 is 0 Å². The Bertz CT molecular complexity index is 1470. The number of fused-ring (bicyclic) bond motifs is 1. The molecule has 1 saturated heterocycles. The monoisotopic (exact) mass is 526 g/mol. The Morgan fingerprint density at radius 3 is 2.49 bits per heavy atom. The Morgan fingerprint density at radius 2 is 1.87 bits per heavy atom. The van der Waals surface area contributed by atoms with E-state index >= 15 is 0 Å². The van der Waals surface area contributed by atoms with Crippen molar-refractivity contribution in [3.05, 3.63) is 77.7 Å². The van der Waals surface area contributed by atoms with Gasteiger partial charge in [0, 0.05) is 43.0 Å². The first-order valence-corrected chi connectivity index (χ1v) is 13.1. The van der Waals surface area contributed by atoms with Gasteiger partial charge in [-0.1, -0.05) is 30.3 Å². The number of benzene rings is 1. The molecule has 0 unspecified atom stereocenters. The van der Waals surface area contributed by atoms with E-state index in [1.807, 2.05) is 30.5 Å². The molecule has 5 rings (SSSR count). The molecule has 4 aromatic rings. The fraction of sp³-hybridized carbons (Fsp3) is 0.367. The van der Waals surface area contributed by atoms with Crippen molar-refractivity contribution < 1.29 is 14.6 Å². The van der Waals surface area contributed by atoms with E-state index in [4.69, 9.17) is 15.2 Å². The molecule has 39 heavy (non-hydrogen) atoms. The van der Waals surface area contributed by atoms with Crippen molar-refractivity contribution in [1.82, 2.24) is 19.5 Å². The highest BCUT2D eigenvalue weighted by molar-refractivity contribution is 5.85. The van der Waals surface area contributed by atoms with Crippen LogP contribution in [0.3, 0.4) is 0 Å². The molecular formula is C30H34N6O3. The summed E-state index contributed by atoms with van der Waals surface area (Å²) in [5.41, 5.74) is 10.8. The molecule has 0 bridgehead atoms. The first kappa shape index (κ1) is 26.6. The second-order valence-electron chi connectivity index (χ2n) is 10.9. The van der Waals surface area contributed by atoms with Crippen molar-refractivity contribution in [2.45, 2.75) is 44.4 Å². The number of piperidine rings is 1. The molecule has 1 fully saturated rings. The number of ether oxygens (including phenoxy) is 2. The van der Waals surface area contributed by atoms with Crippen LogP contribution >= 0.6 is 0 Å². The predicted octanol–water partition coefficient (Wildman–Crippen LogP) is 3.88. The number of hydrogen-bond donors (Lipinski definition) is 2. The Hall–Kier alpha value is -3.97. The molecule has 1 aliphatic rings. The van der Waals surface area contributed by atoms with Crippen LogP contribution in [-0.4, -0.2) is 57.0 Å². The highest BCUT2D eigenvalue weighted by atomic mass is 16.5. The number of aliphatic hydroxyl groups is 1. The van der Waals surface area contributed by atoms with Crippen LogP contribution in [0.4, 0.5) is 0 Å². The molecule has 9 heteroatoms. The standard InChI is InChI=1S/C30H34N6O3/c1-29(2,37)20-39-25-14-26(28-23(15-31)17-34-36(28)19-25)22-5-7-24(8-6-22)30(32)10-12-35(13-11-30)18-21-4-9-27(38-3)33-16-21/h4-9,14,16-17,19,37H,10-13,18,20,32H2,1-3H3. The number of nitrogens with two attached hydrogens (primary N) is 1. The zero-order valence-corrected chi connectivity index (χ0v) is 22.6. The van der Waals surface area contributed by atoms with E-state index in [-0.39, 0.29) is 6.61 Å². The number of nitrogens with zero attached hydrogens (tertiary/aromatic N) is 5. The van der Waals surface area contributed by atoms with E-state index in [1.54, 1.807) is 37.9 Å². The van der Waals surface area contributed by atoms with Crippen molar-refractivity contribution in [2.75, 3.05) is 26.8 Å². The van der Waals surface area contributed by atoms with Gasteiger partial charge in [-0.15, -0.1) is 0 Å². The maximum Gasteiger partial charge on any atom is 0.212 e. The lowest BCUT2D eigenvalue weighted by Gasteiger charge is -2.39. The summed E-state index contributed by atoms with van der Waals surface area (Å²) in [6, 6.07) is 16.3. The van der Waals surface area contributed by atoms with E-state index in [0.717, 1.165) is 54.7 Å². The zero-order valence-electron chi connectivity index (χ0n) is 22.6. The summed E-state index contributed by atoms with van der Waals surface area (Å²) in [6.07, 6.45) is 6.84. The second-order valence-corrected chi connectivity index (χ2v) is 10.9. The van der Waals surface area contributed by atoms with Gasteiger partial charge in [-0.3, -0.25) is 4.90 Å². The fourth-order valence-corrected chi connectivity index (χ4v) is 5.00. The van der Waals surface area contributed by atoms with Gasteiger partial charge in [-0.05, 0) is 49.4 Å². The average Bonchev–Trinajstić information content (AvgIpc) is 3.36. The lowest BCUT2D eigenvalue weighted by Crippen LogP contribution is -2.47. The van der Waals surface area contributed by atoms with Crippen LogP contribution in [0.1, 0.15) is 43.4 Å². The lowest BCUT2D eigenvalue weighted by molar-refractivity contribution is 0.0283. The summed E-state index contributed by atoms with van der Waals surface area (Å²) in [5, 5.41) is 24.1. The molecule has 0 radical (unpaired) electrons. The van der Waals surface area contributed by atoms with Crippen LogP contribution in [0.15, 0.2) is 61.1 Å². The summed E-state index contributed by atoms with van der Waals surface area (Å²) < 4.78 is 12.7. The second kappa shape index (κ2) is 10.7. The SMILES string of the molecule is COc1ccc(CN2CCC(N)(c3ccc(-c4cc(OCC(C)(C)O)cn5ncc(C#N)c45)cc3)CC2)cn1. The molecule has 0 atom stereocenters. The topological polar surface area (TPSA) is 122 Å². The smallest absolute Gasteiger partial charge is 0.212 e. The van der Waals surface area contributed by atoms with Crippen LogP contribution in [0.5, 0.6) is 11.6 Å². The van der Waals surface area contributed by atoms with Crippen molar-refractivity contribution >= 4 is 5.52 Å². The van der Waals surface area contributed by atoms with Crippen LogP contribution in [-0.2, 0) is 12.1 Å². The van der Waals surface area contributed by atoms with Gasteiger partial charge in [0.25, 0.3) is 0 Å². The molecule has 1 aromatic carbocycles. The van der Waals surface area contributed by atoms with E-state index in [9.17, 15) is 10.4 Å². The quantitative estimate of drug-likeness (QED) is 0.355. The molecule has 4 heterocycles. The maximum atomic E-state index is 10.1. The summed E-state index contributed by atoms with van der Waals surface area (Å²) in [4.78, 5) is 6.71. The largest absolute Gasteiger partial charge is 0.489 e. The number of likely N-dealkylation sites (tertiary alicyclic amines) is 1. The predicted molar refractivity (Wildman–Crippen MR) is 148 cm³/mol. The first-order chi connectivity index (χ1) is 18.7. The third kappa shape index (κ3) is 5.88. The summed E-state index contributed by atoms with van der Waals surface area (Å²) >= 11 is 0. The minimum atomic E-state index is -0.977. The molecule has 0 amide bonds. The maximum absolute atomic E-state index is 10.1. The van der Waals surface area contributed by atoms with Gasteiger partial charge in [0.05, 0.1) is 36.2 Å².